The molecule has 0 atom stereocenters. The first kappa shape index (κ1) is 9.84. The molecule has 0 radical (unpaired) electrons. The van der Waals surface area contributed by atoms with E-state index in [0.717, 1.165) is 22.4 Å². The highest BCUT2D eigenvalue weighted by molar-refractivity contribution is 5.83. The molecule has 0 fully saturated rings. The fourth-order valence-corrected chi connectivity index (χ4v) is 1.71. The first-order chi connectivity index (χ1) is 8.36. The normalized spacial score (nSPS) is 10.6. The Morgan fingerprint density at radius 2 is 2.12 bits per heavy atom. The molecular weight excluding hydrogens is 216 g/mol. The minimum atomic E-state index is 0.710. The Bertz CT molecular complexity index is 647. The lowest BCUT2D eigenvalue weighted by atomic mass is 10.2. The van der Waals surface area contributed by atoms with Crippen LogP contribution in [0.5, 0.6) is 5.75 Å². The molecule has 4 heteroatoms. The number of fused-ring (bicyclic) bond motifs is 1. The summed E-state index contributed by atoms with van der Waals surface area (Å²) in [5, 5.41) is 8.83. The molecule has 1 aromatic carbocycles. The van der Waals surface area contributed by atoms with Gasteiger partial charge in [-0.05, 0) is 36.4 Å². The highest BCUT2D eigenvalue weighted by atomic mass is 16.5. The molecule has 0 spiro atoms. The van der Waals surface area contributed by atoms with Crippen molar-refractivity contribution in [3.63, 3.8) is 0 Å². The van der Waals surface area contributed by atoms with Gasteiger partial charge in [0.05, 0.1) is 7.11 Å². The zero-order valence-corrected chi connectivity index (χ0v) is 9.25. The van der Waals surface area contributed by atoms with E-state index in [2.05, 4.69) is 10.2 Å². The summed E-state index contributed by atoms with van der Waals surface area (Å²) in [6.07, 6.45) is 1.63. The van der Waals surface area contributed by atoms with E-state index in [1.165, 1.54) is 0 Å². The second-order valence-electron chi connectivity index (χ2n) is 3.62. The van der Waals surface area contributed by atoms with Crippen molar-refractivity contribution in [2.24, 2.45) is 0 Å². The molecule has 2 aromatic heterocycles. The number of rotatable bonds is 2. The number of benzene rings is 1. The van der Waals surface area contributed by atoms with Gasteiger partial charge in [-0.2, -0.15) is 5.10 Å². The van der Waals surface area contributed by atoms with Crippen LogP contribution in [0.15, 0.2) is 47.0 Å². The first-order valence-electron chi connectivity index (χ1n) is 5.22. The summed E-state index contributed by atoms with van der Waals surface area (Å²) in [5.41, 5.74) is 1.54. The fourth-order valence-electron chi connectivity index (χ4n) is 1.71. The molecule has 0 aliphatic heterocycles. The predicted octanol–water partition coefficient (Wildman–Crippen LogP) is 2.90. The maximum absolute atomic E-state index is 5.70. The lowest BCUT2D eigenvalue weighted by Crippen LogP contribution is -1.82. The molecule has 0 amide bonds. The van der Waals surface area contributed by atoms with Crippen molar-refractivity contribution in [1.82, 2.24) is 10.2 Å². The van der Waals surface area contributed by atoms with Crippen LogP contribution in [0.2, 0.25) is 0 Å². The van der Waals surface area contributed by atoms with E-state index >= 15 is 0 Å². The molecule has 0 bridgehead atoms. The summed E-state index contributed by atoms with van der Waals surface area (Å²) < 4.78 is 10.9. The van der Waals surface area contributed by atoms with Crippen LogP contribution in [0.4, 0.5) is 0 Å². The Labute approximate surface area is 97.9 Å². The summed E-state index contributed by atoms with van der Waals surface area (Å²) in [6.45, 7) is 0. The van der Waals surface area contributed by atoms with Crippen molar-refractivity contribution in [2.45, 2.75) is 0 Å². The summed E-state index contributed by atoms with van der Waals surface area (Å²) in [4.78, 5) is 0. The molecule has 3 rings (SSSR count). The van der Waals surface area contributed by atoms with Gasteiger partial charge in [0.2, 0.25) is 0 Å². The van der Waals surface area contributed by atoms with Gasteiger partial charge in [-0.25, -0.2) is 0 Å². The van der Waals surface area contributed by atoms with E-state index in [1.54, 1.807) is 13.3 Å². The molecular formula is C13H10N2O2. The van der Waals surface area contributed by atoms with Gasteiger partial charge < -0.3 is 9.15 Å². The van der Waals surface area contributed by atoms with Crippen LogP contribution in [-0.4, -0.2) is 17.3 Å². The average molecular weight is 226 g/mol. The monoisotopic (exact) mass is 226 g/mol. The second-order valence-corrected chi connectivity index (χ2v) is 3.62. The second kappa shape index (κ2) is 3.90. The number of hydrogen-bond acceptors (Lipinski definition) is 4. The molecule has 0 saturated carbocycles. The Balaban J connectivity index is 2.14. The number of nitrogens with zero attached hydrogens (tertiary/aromatic N) is 2. The van der Waals surface area contributed by atoms with Gasteiger partial charge in [-0.3, -0.25) is 0 Å². The van der Waals surface area contributed by atoms with Crippen molar-refractivity contribution < 1.29 is 9.15 Å². The van der Waals surface area contributed by atoms with Crippen molar-refractivity contribution in [3.8, 4) is 17.2 Å². The summed E-state index contributed by atoms with van der Waals surface area (Å²) in [5.74, 6) is 1.52. The molecule has 0 aliphatic rings. The van der Waals surface area contributed by atoms with Gasteiger partial charge in [-0.1, -0.05) is 0 Å². The van der Waals surface area contributed by atoms with Crippen molar-refractivity contribution in [1.29, 1.82) is 0 Å². The SMILES string of the molecule is COc1ccc2oc(-c3cccnn3)cc2c1. The third kappa shape index (κ3) is 1.73. The molecule has 0 saturated heterocycles. The Morgan fingerprint density at radius 3 is 2.88 bits per heavy atom. The van der Waals surface area contributed by atoms with Crippen molar-refractivity contribution >= 4 is 11.0 Å². The molecule has 17 heavy (non-hydrogen) atoms. The van der Waals surface area contributed by atoms with Gasteiger partial charge in [0.15, 0.2) is 5.76 Å². The third-order valence-corrected chi connectivity index (χ3v) is 2.55. The quantitative estimate of drug-likeness (QED) is 0.674. The first-order valence-corrected chi connectivity index (χ1v) is 5.22. The molecule has 0 N–H and O–H groups in total. The van der Waals surface area contributed by atoms with Crippen LogP contribution in [0.1, 0.15) is 0 Å². The summed E-state index contributed by atoms with van der Waals surface area (Å²) in [6, 6.07) is 11.3. The number of aromatic nitrogens is 2. The highest BCUT2D eigenvalue weighted by Gasteiger charge is 2.07. The molecule has 2 heterocycles. The largest absolute Gasteiger partial charge is 0.497 e. The average Bonchev–Trinajstić information content (AvgIpc) is 2.82. The summed E-state index contributed by atoms with van der Waals surface area (Å²) >= 11 is 0. The van der Waals surface area contributed by atoms with Crippen LogP contribution in [0.25, 0.3) is 22.4 Å². The van der Waals surface area contributed by atoms with Gasteiger partial charge in [0, 0.05) is 11.6 Å². The van der Waals surface area contributed by atoms with E-state index in [-0.39, 0.29) is 0 Å². The molecule has 3 aromatic rings. The van der Waals surface area contributed by atoms with E-state index in [4.69, 9.17) is 9.15 Å². The van der Waals surface area contributed by atoms with Crippen LogP contribution in [0.3, 0.4) is 0 Å². The minimum absolute atomic E-state index is 0.710. The van der Waals surface area contributed by atoms with E-state index in [0.29, 0.717) is 5.76 Å². The topological polar surface area (TPSA) is 48.2 Å². The smallest absolute Gasteiger partial charge is 0.155 e. The molecule has 0 unspecified atom stereocenters. The predicted molar refractivity (Wildman–Crippen MR) is 63.8 cm³/mol. The lowest BCUT2D eigenvalue weighted by Gasteiger charge is -1.96. The van der Waals surface area contributed by atoms with E-state index in [9.17, 15) is 0 Å². The summed E-state index contributed by atoms with van der Waals surface area (Å²) in [7, 11) is 1.64. The van der Waals surface area contributed by atoms with Crippen LogP contribution in [0, 0.1) is 0 Å². The number of ether oxygens (including phenoxy) is 1. The van der Waals surface area contributed by atoms with Gasteiger partial charge in [0.1, 0.15) is 17.0 Å². The number of methoxy groups -OCH3 is 1. The standard InChI is InChI=1S/C13H10N2O2/c1-16-10-4-5-12-9(7-10)8-13(17-12)11-3-2-6-14-15-11/h2-8H,1H3. The molecule has 4 nitrogen and oxygen atoms in total. The van der Waals surface area contributed by atoms with Crippen LogP contribution in [-0.2, 0) is 0 Å². The van der Waals surface area contributed by atoms with Crippen molar-refractivity contribution in [3.05, 3.63) is 42.6 Å². The van der Waals surface area contributed by atoms with Crippen LogP contribution < -0.4 is 4.74 Å². The lowest BCUT2D eigenvalue weighted by molar-refractivity contribution is 0.415. The Morgan fingerprint density at radius 1 is 1.18 bits per heavy atom. The number of hydrogen-bond donors (Lipinski definition) is 0. The number of furan rings is 1. The van der Waals surface area contributed by atoms with E-state index < -0.39 is 0 Å². The van der Waals surface area contributed by atoms with Gasteiger partial charge >= 0.3 is 0 Å². The Kier molecular flexibility index (Phi) is 2.26. The molecule has 84 valence electrons. The Hall–Kier alpha value is -2.36. The fraction of sp³-hybridized carbons (Fsp3) is 0.0769. The zero-order chi connectivity index (χ0) is 11.7. The van der Waals surface area contributed by atoms with Crippen molar-refractivity contribution in [2.75, 3.05) is 7.11 Å². The zero-order valence-electron chi connectivity index (χ0n) is 9.25. The minimum Gasteiger partial charge on any atom is -0.497 e. The maximum atomic E-state index is 5.70. The molecule has 0 aliphatic carbocycles. The van der Waals surface area contributed by atoms with Gasteiger partial charge in [0.25, 0.3) is 0 Å². The van der Waals surface area contributed by atoms with Crippen LogP contribution >= 0.6 is 0 Å². The maximum Gasteiger partial charge on any atom is 0.155 e. The van der Waals surface area contributed by atoms with E-state index in [1.807, 2.05) is 36.4 Å². The third-order valence-electron chi connectivity index (χ3n) is 2.55. The highest BCUT2D eigenvalue weighted by Crippen LogP contribution is 2.28. The van der Waals surface area contributed by atoms with Gasteiger partial charge in [-0.15, -0.1) is 5.10 Å².